The van der Waals surface area contributed by atoms with Crippen LogP contribution in [0.4, 0.5) is 0 Å². The molecule has 1 saturated heterocycles. The summed E-state index contributed by atoms with van der Waals surface area (Å²) in [4.78, 5) is 13.9. The highest BCUT2D eigenvalue weighted by atomic mass is 16.6. The van der Waals surface area contributed by atoms with Gasteiger partial charge in [-0.25, -0.2) is 4.63 Å². The van der Waals surface area contributed by atoms with Crippen LogP contribution in [0.15, 0.2) is 22.8 Å². The van der Waals surface area contributed by atoms with Crippen molar-refractivity contribution in [2.75, 3.05) is 20.3 Å². The van der Waals surface area contributed by atoms with Crippen molar-refractivity contribution in [1.82, 2.24) is 15.2 Å². The zero-order valence-corrected chi connectivity index (χ0v) is 11.4. The molecule has 1 amide bonds. The van der Waals surface area contributed by atoms with Crippen molar-refractivity contribution >= 4 is 16.9 Å². The molecule has 0 bridgehead atoms. The van der Waals surface area contributed by atoms with Crippen LogP contribution >= 0.6 is 0 Å². The summed E-state index contributed by atoms with van der Waals surface area (Å²) in [5.41, 5.74) is 2.46. The Balaban J connectivity index is 1.61. The van der Waals surface area contributed by atoms with E-state index < -0.39 is 0 Å². The lowest BCUT2D eigenvalue weighted by Crippen LogP contribution is -2.28. The Morgan fingerprint density at radius 1 is 1.40 bits per heavy atom. The fraction of sp³-hybridized carbons (Fsp3) is 0.500. The number of carbonyl (C=O) groups is 1. The molecule has 1 unspecified atom stereocenters. The SMILES string of the molecule is CN(Cc1ccc2nonc2c1)C(=O)CC1CCOC1. The smallest absolute Gasteiger partial charge is 0.222 e. The van der Waals surface area contributed by atoms with Gasteiger partial charge in [-0.15, -0.1) is 0 Å². The van der Waals surface area contributed by atoms with Crippen LogP contribution in [0.5, 0.6) is 0 Å². The average Bonchev–Trinajstić information content (AvgIpc) is 3.08. The molecule has 6 heteroatoms. The summed E-state index contributed by atoms with van der Waals surface area (Å²) < 4.78 is 9.97. The topological polar surface area (TPSA) is 68.5 Å². The van der Waals surface area contributed by atoms with Gasteiger partial charge in [0.15, 0.2) is 0 Å². The predicted molar refractivity (Wildman–Crippen MR) is 71.8 cm³/mol. The Labute approximate surface area is 116 Å². The van der Waals surface area contributed by atoms with E-state index in [2.05, 4.69) is 14.9 Å². The quantitative estimate of drug-likeness (QED) is 0.848. The van der Waals surface area contributed by atoms with Gasteiger partial charge in [0, 0.05) is 33.2 Å². The molecule has 1 fully saturated rings. The Hall–Kier alpha value is -1.95. The normalized spacial score (nSPS) is 18.6. The van der Waals surface area contributed by atoms with Crippen LogP contribution < -0.4 is 0 Å². The van der Waals surface area contributed by atoms with E-state index in [4.69, 9.17) is 4.74 Å². The Morgan fingerprint density at radius 2 is 2.25 bits per heavy atom. The molecule has 0 radical (unpaired) electrons. The molecule has 0 spiro atoms. The molecule has 6 nitrogen and oxygen atoms in total. The first-order valence-electron chi connectivity index (χ1n) is 6.75. The van der Waals surface area contributed by atoms with Gasteiger partial charge in [-0.1, -0.05) is 6.07 Å². The molecule has 1 aromatic carbocycles. The first kappa shape index (κ1) is 13.1. The number of rotatable bonds is 4. The molecule has 2 heterocycles. The number of ether oxygens (including phenoxy) is 1. The molecule has 1 aromatic heterocycles. The highest BCUT2D eigenvalue weighted by Gasteiger charge is 2.21. The maximum Gasteiger partial charge on any atom is 0.222 e. The van der Waals surface area contributed by atoms with Gasteiger partial charge in [0.2, 0.25) is 5.91 Å². The van der Waals surface area contributed by atoms with E-state index >= 15 is 0 Å². The number of carbonyl (C=O) groups excluding carboxylic acids is 1. The Morgan fingerprint density at radius 3 is 3.05 bits per heavy atom. The van der Waals surface area contributed by atoms with Crippen LogP contribution in [0.1, 0.15) is 18.4 Å². The standard InChI is InChI=1S/C14H17N3O3/c1-17(14(18)7-11-4-5-19-9-11)8-10-2-3-12-13(6-10)16-20-15-12/h2-3,6,11H,4-5,7-9H2,1H3. The van der Waals surface area contributed by atoms with Crippen LogP contribution in [-0.2, 0) is 16.1 Å². The molecule has 1 aliphatic heterocycles. The van der Waals surface area contributed by atoms with Crippen molar-refractivity contribution in [3.05, 3.63) is 23.8 Å². The van der Waals surface area contributed by atoms with E-state index in [1.807, 2.05) is 25.2 Å². The third-order valence-electron chi connectivity index (χ3n) is 3.65. The third kappa shape index (κ3) is 2.80. The number of nitrogens with zero attached hydrogens (tertiary/aromatic N) is 3. The number of hydrogen-bond acceptors (Lipinski definition) is 5. The van der Waals surface area contributed by atoms with E-state index in [1.54, 1.807) is 4.90 Å². The van der Waals surface area contributed by atoms with Crippen LogP contribution in [0.2, 0.25) is 0 Å². The van der Waals surface area contributed by atoms with Crippen molar-refractivity contribution in [3.63, 3.8) is 0 Å². The van der Waals surface area contributed by atoms with Gasteiger partial charge in [0.1, 0.15) is 11.0 Å². The van der Waals surface area contributed by atoms with Crippen molar-refractivity contribution < 1.29 is 14.2 Å². The van der Waals surface area contributed by atoms with Gasteiger partial charge in [-0.05, 0) is 40.3 Å². The summed E-state index contributed by atoms with van der Waals surface area (Å²) in [7, 11) is 1.82. The highest BCUT2D eigenvalue weighted by molar-refractivity contribution is 5.77. The summed E-state index contributed by atoms with van der Waals surface area (Å²) >= 11 is 0. The first-order chi connectivity index (χ1) is 9.72. The largest absolute Gasteiger partial charge is 0.381 e. The van der Waals surface area contributed by atoms with Crippen molar-refractivity contribution in [2.45, 2.75) is 19.4 Å². The van der Waals surface area contributed by atoms with Crippen LogP contribution in [0.3, 0.4) is 0 Å². The van der Waals surface area contributed by atoms with Crippen LogP contribution in [-0.4, -0.2) is 41.4 Å². The van der Waals surface area contributed by atoms with Crippen molar-refractivity contribution in [1.29, 1.82) is 0 Å². The highest BCUT2D eigenvalue weighted by Crippen LogP contribution is 2.18. The van der Waals surface area contributed by atoms with Crippen LogP contribution in [0.25, 0.3) is 11.0 Å². The first-order valence-corrected chi connectivity index (χ1v) is 6.75. The monoisotopic (exact) mass is 275 g/mol. The second kappa shape index (κ2) is 5.58. The van der Waals surface area contributed by atoms with E-state index in [0.29, 0.717) is 31.0 Å². The van der Waals surface area contributed by atoms with Crippen molar-refractivity contribution in [3.8, 4) is 0 Å². The maximum absolute atomic E-state index is 12.1. The fourth-order valence-electron chi connectivity index (χ4n) is 2.44. The molecule has 0 aliphatic carbocycles. The number of benzene rings is 1. The lowest BCUT2D eigenvalue weighted by Gasteiger charge is -2.18. The van der Waals surface area contributed by atoms with Gasteiger partial charge in [0.25, 0.3) is 0 Å². The lowest BCUT2D eigenvalue weighted by molar-refractivity contribution is -0.131. The van der Waals surface area contributed by atoms with Gasteiger partial charge >= 0.3 is 0 Å². The molecule has 0 N–H and O–H groups in total. The minimum atomic E-state index is 0.152. The summed E-state index contributed by atoms with van der Waals surface area (Å²) in [6.07, 6.45) is 1.54. The Bertz CT molecular complexity index is 604. The van der Waals surface area contributed by atoms with Crippen molar-refractivity contribution in [2.24, 2.45) is 5.92 Å². The second-order valence-corrected chi connectivity index (χ2v) is 5.27. The number of aromatic nitrogens is 2. The summed E-state index contributed by atoms with van der Waals surface area (Å²) in [5.74, 6) is 0.519. The molecule has 1 atom stereocenters. The molecule has 0 saturated carbocycles. The van der Waals surface area contributed by atoms with Crippen LogP contribution in [0, 0.1) is 5.92 Å². The second-order valence-electron chi connectivity index (χ2n) is 5.27. The molecular weight excluding hydrogens is 258 g/mol. The molecule has 3 rings (SSSR count). The van der Waals surface area contributed by atoms with E-state index in [9.17, 15) is 4.79 Å². The molecular formula is C14H17N3O3. The van der Waals surface area contributed by atoms with Gasteiger partial charge < -0.3 is 9.64 Å². The molecule has 2 aromatic rings. The van der Waals surface area contributed by atoms with E-state index in [1.165, 1.54) is 0 Å². The van der Waals surface area contributed by atoms with Gasteiger partial charge in [-0.3, -0.25) is 4.79 Å². The molecule has 20 heavy (non-hydrogen) atoms. The lowest BCUT2D eigenvalue weighted by atomic mass is 10.0. The summed E-state index contributed by atoms with van der Waals surface area (Å²) in [5, 5.41) is 7.57. The summed E-state index contributed by atoms with van der Waals surface area (Å²) in [6, 6.07) is 5.69. The van der Waals surface area contributed by atoms with Gasteiger partial charge in [-0.2, -0.15) is 0 Å². The Kier molecular flexibility index (Phi) is 3.64. The number of fused-ring (bicyclic) bond motifs is 1. The third-order valence-corrected chi connectivity index (χ3v) is 3.65. The average molecular weight is 275 g/mol. The molecule has 106 valence electrons. The number of hydrogen-bond donors (Lipinski definition) is 0. The zero-order valence-electron chi connectivity index (χ0n) is 11.4. The van der Waals surface area contributed by atoms with E-state index in [0.717, 1.165) is 24.1 Å². The fourth-order valence-corrected chi connectivity index (χ4v) is 2.44. The maximum atomic E-state index is 12.1. The summed E-state index contributed by atoms with van der Waals surface area (Å²) in [6.45, 7) is 2.04. The minimum absolute atomic E-state index is 0.152. The zero-order chi connectivity index (χ0) is 13.9. The van der Waals surface area contributed by atoms with Gasteiger partial charge in [0.05, 0.1) is 0 Å². The number of amides is 1. The van der Waals surface area contributed by atoms with E-state index in [-0.39, 0.29) is 5.91 Å². The molecule has 1 aliphatic rings. The predicted octanol–water partition coefficient (Wildman–Crippen LogP) is 1.61. The minimum Gasteiger partial charge on any atom is -0.381 e.